The van der Waals surface area contributed by atoms with Gasteiger partial charge in [0.15, 0.2) is 0 Å². The van der Waals surface area contributed by atoms with E-state index in [0.29, 0.717) is 0 Å². The number of hydrogen-bond acceptors (Lipinski definition) is 2. The van der Waals surface area contributed by atoms with Gasteiger partial charge in [-0.2, -0.15) is 26.3 Å². The molecule has 0 saturated heterocycles. The van der Waals surface area contributed by atoms with Crippen molar-refractivity contribution in [2.75, 3.05) is 18.9 Å². The van der Waals surface area contributed by atoms with Gasteiger partial charge in [0.1, 0.15) is 6.54 Å². The quantitative estimate of drug-likeness (QED) is 0.674. The van der Waals surface area contributed by atoms with Crippen LogP contribution in [0, 0.1) is 0 Å². The van der Waals surface area contributed by atoms with Crippen LogP contribution in [-0.4, -0.2) is 36.6 Å². The van der Waals surface area contributed by atoms with E-state index in [0.717, 1.165) is 11.0 Å². The van der Waals surface area contributed by atoms with E-state index in [2.05, 4.69) is 5.32 Å². The number of amides is 3. The van der Waals surface area contributed by atoms with Crippen molar-refractivity contribution in [2.24, 2.45) is 0 Å². The van der Waals surface area contributed by atoms with Crippen molar-refractivity contribution in [1.29, 1.82) is 0 Å². The average molecular weight is 433 g/mol. The number of benzene rings is 2. The minimum absolute atomic E-state index is 0.0512. The highest BCUT2D eigenvalue weighted by molar-refractivity contribution is 5.95. The monoisotopic (exact) mass is 433 g/mol. The Morgan fingerprint density at radius 2 is 1.53 bits per heavy atom. The third kappa shape index (κ3) is 6.68. The summed E-state index contributed by atoms with van der Waals surface area (Å²) >= 11 is 0. The molecule has 0 aliphatic heterocycles. The third-order valence-electron chi connectivity index (χ3n) is 3.92. The number of nitrogens with one attached hydrogen (secondary N) is 2. The molecule has 162 valence electrons. The molecule has 0 aliphatic rings. The number of hydrogen-bond donors (Lipinski definition) is 2. The fourth-order valence-corrected chi connectivity index (χ4v) is 2.47. The first kappa shape index (κ1) is 23.0. The molecule has 0 fully saturated rings. The molecule has 0 atom stereocenters. The number of nitrogens with zero attached hydrogens (tertiary/aromatic N) is 1. The lowest BCUT2D eigenvalue weighted by Gasteiger charge is -2.20. The van der Waals surface area contributed by atoms with E-state index in [1.54, 1.807) is 5.32 Å². The number of carbonyl (C=O) groups is 2. The Balaban J connectivity index is 1.99. The maximum absolute atomic E-state index is 13.1. The van der Waals surface area contributed by atoms with Gasteiger partial charge in [-0.05, 0) is 35.9 Å². The average Bonchev–Trinajstić information content (AvgIpc) is 2.65. The molecule has 3 amide bonds. The number of urea groups is 1. The normalized spacial score (nSPS) is 11.7. The SMILES string of the molecule is CN(Cc1ccccc1C(F)(F)F)C(=O)Nc1ccc(C(=O)NCC(F)(F)F)cc1. The van der Waals surface area contributed by atoms with Crippen molar-refractivity contribution in [3.8, 4) is 0 Å². The zero-order valence-electron chi connectivity index (χ0n) is 15.6. The van der Waals surface area contributed by atoms with E-state index >= 15 is 0 Å². The van der Waals surface area contributed by atoms with Gasteiger partial charge in [0.2, 0.25) is 0 Å². The standard InChI is InChI=1S/C19H17F6N3O2/c1-28(10-13-4-2-3-5-15(13)19(23,24)25)17(30)27-14-8-6-12(7-9-14)16(29)26-11-18(20,21)22/h2-9H,10-11H2,1H3,(H,26,29)(H,27,30). The molecule has 0 aliphatic carbocycles. The third-order valence-corrected chi connectivity index (χ3v) is 3.92. The highest BCUT2D eigenvalue weighted by Gasteiger charge is 2.33. The maximum Gasteiger partial charge on any atom is 0.416 e. The Hall–Kier alpha value is -3.24. The summed E-state index contributed by atoms with van der Waals surface area (Å²) in [5.74, 6) is -0.939. The molecule has 0 spiro atoms. The van der Waals surface area contributed by atoms with Crippen molar-refractivity contribution < 1.29 is 35.9 Å². The van der Waals surface area contributed by atoms with Gasteiger partial charge in [-0.1, -0.05) is 18.2 Å². The lowest BCUT2D eigenvalue weighted by atomic mass is 10.1. The van der Waals surface area contributed by atoms with Crippen LogP contribution >= 0.6 is 0 Å². The van der Waals surface area contributed by atoms with E-state index in [1.807, 2.05) is 0 Å². The summed E-state index contributed by atoms with van der Waals surface area (Å²) < 4.78 is 75.6. The van der Waals surface area contributed by atoms with Crippen molar-refractivity contribution in [2.45, 2.75) is 18.9 Å². The first-order chi connectivity index (χ1) is 13.9. The summed E-state index contributed by atoms with van der Waals surface area (Å²) in [4.78, 5) is 24.9. The molecule has 0 radical (unpaired) electrons. The lowest BCUT2D eigenvalue weighted by Crippen LogP contribution is -2.33. The van der Waals surface area contributed by atoms with Gasteiger partial charge in [-0.3, -0.25) is 4.79 Å². The Kier molecular flexibility index (Phi) is 6.96. The molecule has 5 nitrogen and oxygen atoms in total. The van der Waals surface area contributed by atoms with Crippen LogP contribution in [0.5, 0.6) is 0 Å². The van der Waals surface area contributed by atoms with E-state index < -0.39 is 36.4 Å². The van der Waals surface area contributed by atoms with Gasteiger partial charge < -0.3 is 15.5 Å². The molecular formula is C19H17F6N3O2. The van der Waals surface area contributed by atoms with E-state index in [9.17, 15) is 35.9 Å². The summed E-state index contributed by atoms with van der Waals surface area (Å²) in [5, 5.41) is 4.15. The highest BCUT2D eigenvalue weighted by atomic mass is 19.4. The van der Waals surface area contributed by atoms with Gasteiger partial charge in [0.05, 0.1) is 5.56 Å². The second kappa shape index (κ2) is 9.06. The largest absolute Gasteiger partial charge is 0.416 e. The fourth-order valence-electron chi connectivity index (χ4n) is 2.47. The molecule has 2 rings (SSSR count). The van der Waals surface area contributed by atoms with E-state index in [-0.39, 0.29) is 23.4 Å². The van der Waals surface area contributed by atoms with Crippen LogP contribution in [0.3, 0.4) is 0 Å². The Morgan fingerprint density at radius 3 is 2.10 bits per heavy atom. The summed E-state index contributed by atoms with van der Waals surface area (Å²) in [6.07, 6.45) is -9.10. The van der Waals surface area contributed by atoms with Crippen LogP contribution in [0.2, 0.25) is 0 Å². The van der Waals surface area contributed by atoms with Crippen LogP contribution in [0.25, 0.3) is 0 Å². The minimum atomic E-state index is -4.56. The summed E-state index contributed by atoms with van der Waals surface area (Å²) in [5.41, 5.74) is -0.772. The second-order valence-electron chi connectivity index (χ2n) is 6.32. The van der Waals surface area contributed by atoms with Crippen LogP contribution in [-0.2, 0) is 12.7 Å². The number of rotatable bonds is 5. The van der Waals surface area contributed by atoms with E-state index in [1.165, 1.54) is 49.5 Å². The van der Waals surface area contributed by atoms with Crippen molar-refractivity contribution in [1.82, 2.24) is 10.2 Å². The predicted molar refractivity (Wildman–Crippen MR) is 96.8 cm³/mol. The van der Waals surface area contributed by atoms with Crippen LogP contribution < -0.4 is 10.6 Å². The van der Waals surface area contributed by atoms with E-state index in [4.69, 9.17) is 0 Å². The Morgan fingerprint density at radius 1 is 0.933 bits per heavy atom. The number of carbonyl (C=O) groups excluding carboxylic acids is 2. The van der Waals surface area contributed by atoms with Gasteiger partial charge in [0.25, 0.3) is 5.91 Å². The molecule has 0 saturated carbocycles. The van der Waals surface area contributed by atoms with Crippen molar-refractivity contribution in [3.63, 3.8) is 0 Å². The molecule has 0 bridgehead atoms. The first-order valence-electron chi connectivity index (χ1n) is 8.49. The summed E-state index contributed by atoms with van der Waals surface area (Å²) in [6, 6.07) is 9.15. The molecule has 2 aromatic carbocycles. The molecule has 0 unspecified atom stereocenters. The number of alkyl halides is 6. The zero-order chi connectivity index (χ0) is 22.5. The Labute approximate surface area is 167 Å². The van der Waals surface area contributed by atoms with Crippen LogP contribution in [0.4, 0.5) is 36.8 Å². The maximum atomic E-state index is 13.1. The minimum Gasteiger partial charge on any atom is -0.343 e. The second-order valence-corrected chi connectivity index (χ2v) is 6.32. The first-order valence-corrected chi connectivity index (χ1v) is 8.49. The number of anilines is 1. The van der Waals surface area contributed by atoms with Gasteiger partial charge in [-0.25, -0.2) is 4.79 Å². The van der Waals surface area contributed by atoms with Crippen molar-refractivity contribution in [3.05, 3.63) is 65.2 Å². The molecule has 2 N–H and O–H groups in total. The highest BCUT2D eigenvalue weighted by Crippen LogP contribution is 2.32. The van der Waals surface area contributed by atoms with Crippen LogP contribution in [0.1, 0.15) is 21.5 Å². The molecule has 0 heterocycles. The molecule has 11 heteroatoms. The van der Waals surface area contributed by atoms with Gasteiger partial charge in [-0.15, -0.1) is 0 Å². The Bertz CT molecular complexity index is 894. The zero-order valence-corrected chi connectivity index (χ0v) is 15.6. The topological polar surface area (TPSA) is 61.4 Å². The number of halogens is 6. The molecule has 2 aromatic rings. The molecule has 30 heavy (non-hydrogen) atoms. The van der Waals surface area contributed by atoms with Crippen LogP contribution in [0.15, 0.2) is 48.5 Å². The van der Waals surface area contributed by atoms with Gasteiger partial charge in [0, 0.05) is 24.8 Å². The fraction of sp³-hybridized carbons (Fsp3) is 0.263. The van der Waals surface area contributed by atoms with Gasteiger partial charge >= 0.3 is 18.4 Å². The summed E-state index contributed by atoms with van der Waals surface area (Å²) in [6.45, 7) is -1.78. The van der Waals surface area contributed by atoms with Crippen molar-refractivity contribution >= 4 is 17.6 Å². The molecule has 0 aromatic heterocycles. The molecular weight excluding hydrogens is 416 g/mol. The predicted octanol–water partition coefficient (Wildman–Crippen LogP) is 4.66. The lowest BCUT2D eigenvalue weighted by molar-refractivity contribution is -0.138. The smallest absolute Gasteiger partial charge is 0.343 e. The summed E-state index contributed by atoms with van der Waals surface area (Å²) in [7, 11) is 1.31.